The average molecular weight is 322 g/mol. The predicted molar refractivity (Wildman–Crippen MR) is 24.8 cm³/mol. The van der Waals surface area contributed by atoms with Crippen LogP contribution in [0.3, 0.4) is 0 Å². The fourth-order valence-corrected chi connectivity index (χ4v) is 0. The second kappa shape index (κ2) is 10.4. The monoisotopic (exact) mass is 324 g/mol. The molecule has 2 N–H and O–H groups in total. The maximum absolute atomic E-state index is 8.52. The Morgan fingerprint density at radius 1 is 0.615 bits per heavy atom. The van der Waals surface area contributed by atoms with Crippen molar-refractivity contribution < 1.29 is 67.1 Å². The molecule has 0 saturated heterocycles. The van der Waals surface area contributed by atoms with Crippen LogP contribution in [0.1, 0.15) is 0 Å². The standard InChI is InChI=1S/Mo.2H2O4S.2H2O/c;2*1-5(2,3)4;;/h;2*(H2,1,2,3,4);2*1H2/q+6;;;;/p-6. The molecule has 0 aromatic heterocycles. The van der Waals surface area contributed by atoms with Crippen LogP contribution < -0.4 is 0 Å². The summed E-state index contributed by atoms with van der Waals surface area (Å²) in [6.45, 7) is 0. The van der Waals surface area contributed by atoms with Gasteiger partial charge in [0.05, 0.1) is 0 Å². The second-order valence-electron chi connectivity index (χ2n) is 0.816. The van der Waals surface area contributed by atoms with Crippen LogP contribution in [-0.4, -0.2) is 46.0 Å². The van der Waals surface area contributed by atoms with Crippen molar-refractivity contribution in [3.8, 4) is 0 Å². The average Bonchev–Trinajstić information content (AvgIpc) is 1.12. The van der Waals surface area contributed by atoms with Gasteiger partial charge < -0.3 is 29.2 Å². The summed E-state index contributed by atoms with van der Waals surface area (Å²) >= 11 is 0. The molecular formula is H2MoO10S2. The Bertz CT molecular complexity index is 209. The molecule has 13 heteroatoms. The zero-order valence-electron chi connectivity index (χ0n) is 5.39. The largest absolute Gasteiger partial charge is 6.00 e. The molecule has 13 heavy (non-hydrogen) atoms. The molecule has 0 saturated carbocycles. The first-order chi connectivity index (χ1) is 4.00. The molecule has 80 valence electrons. The molecule has 0 aliphatic rings. The van der Waals surface area contributed by atoms with Gasteiger partial charge in [-0.1, -0.05) is 0 Å². The van der Waals surface area contributed by atoms with Crippen molar-refractivity contribution in [1.29, 1.82) is 0 Å². The van der Waals surface area contributed by atoms with E-state index in [1.54, 1.807) is 0 Å². The van der Waals surface area contributed by atoms with Gasteiger partial charge in [0.15, 0.2) is 0 Å². The van der Waals surface area contributed by atoms with Gasteiger partial charge in [0.25, 0.3) is 0 Å². The van der Waals surface area contributed by atoms with Crippen LogP contribution >= 0.6 is 0 Å². The minimum absolute atomic E-state index is 0. The number of rotatable bonds is 0. The Balaban J connectivity index is -0.0000000267. The third-order valence-electron chi connectivity index (χ3n) is 0. The molecule has 0 bridgehead atoms. The van der Waals surface area contributed by atoms with E-state index in [2.05, 4.69) is 0 Å². The normalized spacial score (nSPS) is 8.92. The fourth-order valence-electron chi connectivity index (χ4n) is 0. The number of hydrogen-bond acceptors (Lipinski definition) is 10. The predicted octanol–water partition coefficient (Wildman–Crippen LogP) is -3.03. The summed E-state index contributed by atoms with van der Waals surface area (Å²) < 4.78 is 68.2. The summed E-state index contributed by atoms with van der Waals surface area (Å²) in [6, 6.07) is 0. The van der Waals surface area contributed by atoms with E-state index in [-0.39, 0.29) is 32.0 Å². The van der Waals surface area contributed by atoms with E-state index in [9.17, 15) is 0 Å². The summed E-state index contributed by atoms with van der Waals surface area (Å²) in [5, 5.41) is 0. The van der Waals surface area contributed by atoms with Crippen LogP contribution in [0, 0.1) is 0 Å². The molecule has 0 amide bonds. The van der Waals surface area contributed by atoms with Crippen LogP contribution in [-0.2, 0) is 41.9 Å². The van der Waals surface area contributed by atoms with E-state index >= 15 is 0 Å². The minimum atomic E-state index is -5.17. The third kappa shape index (κ3) is 10900. The van der Waals surface area contributed by atoms with Gasteiger partial charge in [0, 0.05) is 20.8 Å². The van der Waals surface area contributed by atoms with Crippen LogP contribution in [0.25, 0.3) is 0 Å². The quantitative estimate of drug-likeness (QED) is 0.249. The van der Waals surface area contributed by atoms with Gasteiger partial charge in [-0.15, -0.1) is 0 Å². The first kappa shape index (κ1) is 29.2. The van der Waals surface area contributed by atoms with Crippen molar-refractivity contribution in [2.24, 2.45) is 0 Å². The van der Waals surface area contributed by atoms with Crippen molar-refractivity contribution >= 4 is 20.8 Å². The van der Waals surface area contributed by atoms with Gasteiger partial charge in [0.1, 0.15) is 0 Å². The molecule has 0 aliphatic carbocycles. The zero-order valence-corrected chi connectivity index (χ0v) is 9.03. The molecule has 0 atom stereocenters. The first-order valence-corrected chi connectivity index (χ1v) is 4.00. The molecule has 0 unspecified atom stereocenters. The summed E-state index contributed by atoms with van der Waals surface area (Å²) in [5.74, 6) is 0. The van der Waals surface area contributed by atoms with Gasteiger partial charge in [0.2, 0.25) is 0 Å². The maximum atomic E-state index is 8.52. The third-order valence-corrected chi connectivity index (χ3v) is 0. The Hall–Kier alpha value is 0.348. The van der Waals surface area contributed by atoms with Crippen LogP contribution in [0.2, 0.25) is 0 Å². The molecule has 0 fully saturated rings. The van der Waals surface area contributed by atoms with Crippen molar-refractivity contribution in [2.45, 2.75) is 0 Å². The maximum Gasteiger partial charge on any atom is 6.00 e. The van der Waals surface area contributed by atoms with E-state index in [0.717, 1.165) is 0 Å². The van der Waals surface area contributed by atoms with Gasteiger partial charge in [-0.05, 0) is 0 Å². The van der Waals surface area contributed by atoms with Gasteiger partial charge in [-0.2, -0.15) is 0 Å². The topological polar surface area (TPSA) is 221 Å². The Morgan fingerprint density at radius 2 is 0.615 bits per heavy atom. The summed E-state index contributed by atoms with van der Waals surface area (Å²) in [7, 11) is -10.3. The van der Waals surface area contributed by atoms with Crippen molar-refractivity contribution in [3.63, 3.8) is 0 Å². The molecule has 0 aliphatic heterocycles. The van der Waals surface area contributed by atoms with E-state index in [1.165, 1.54) is 0 Å². The van der Waals surface area contributed by atoms with Crippen LogP contribution in [0.4, 0.5) is 0 Å². The molecule has 0 spiro atoms. The Labute approximate surface area is 88.0 Å². The van der Waals surface area contributed by atoms with Gasteiger partial charge >= 0.3 is 21.1 Å². The SMILES string of the molecule is O=S(=O)([O-])[O-].O=S(=O)([O-])[O-].[Mo+6].[OH-].[OH-]. The number of hydrogen-bond donors (Lipinski definition) is 0. The van der Waals surface area contributed by atoms with Crippen LogP contribution in [0.5, 0.6) is 0 Å². The molecular weight excluding hydrogens is 320 g/mol. The van der Waals surface area contributed by atoms with E-state index in [0.29, 0.717) is 0 Å². The Morgan fingerprint density at radius 3 is 0.615 bits per heavy atom. The van der Waals surface area contributed by atoms with Gasteiger partial charge in [-0.25, -0.2) is 0 Å². The molecule has 0 heterocycles. The minimum Gasteiger partial charge on any atom is -0.870 e. The Kier molecular flexibility index (Phi) is 23.4. The van der Waals surface area contributed by atoms with Crippen molar-refractivity contribution in [1.82, 2.24) is 0 Å². The first-order valence-electron chi connectivity index (χ1n) is 1.33. The summed E-state index contributed by atoms with van der Waals surface area (Å²) in [6.07, 6.45) is 0. The van der Waals surface area contributed by atoms with E-state index in [4.69, 9.17) is 35.0 Å². The molecule has 0 radical (unpaired) electrons. The smallest absolute Gasteiger partial charge is 0.870 e. The van der Waals surface area contributed by atoms with E-state index < -0.39 is 20.8 Å². The van der Waals surface area contributed by atoms with Crippen molar-refractivity contribution in [3.05, 3.63) is 0 Å². The summed E-state index contributed by atoms with van der Waals surface area (Å²) in [4.78, 5) is 0. The molecule has 0 aromatic carbocycles. The molecule has 10 nitrogen and oxygen atoms in total. The van der Waals surface area contributed by atoms with Crippen LogP contribution in [0.15, 0.2) is 0 Å². The zero-order chi connectivity index (χ0) is 9.00. The van der Waals surface area contributed by atoms with Crippen molar-refractivity contribution in [2.75, 3.05) is 0 Å². The second-order valence-corrected chi connectivity index (χ2v) is 2.45. The van der Waals surface area contributed by atoms with E-state index in [1.807, 2.05) is 0 Å². The molecule has 0 aromatic rings. The van der Waals surface area contributed by atoms with Gasteiger partial charge in [-0.3, -0.25) is 16.8 Å². The molecule has 0 rings (SSSR count). The fraction of sp³-hybridized carbons (Fsp3) is 0. The summed E-state index contributed by atoms with van der Waals surface area (Å²) in [5.41, 5.74) is 0.